The fourth-order valence-corrected chi connectivity index (χ4v) is 6.36. The zero-order chi connectivity index (χ0) is 23.6. The Morgan fingerprint density at radius 1 is 1.09 bits per heavy atom. The molecule has 0 unspecified atom stereocenters. The summed E-state index contributed by atoms with van der Waals surface area (Å²) in [6.07, 6.45) is 0.866. The fourth-order valence-electron chi connectivity index (χ4n) is 3.89. The topological polar surface area (TPSA) is 73.8 Å². The number of hydrogen-bond acceptors (Lipinski definition) is 6. The molecule has 0 atom stereocenters. The number of likely N-dealkylation sites (N-methyl/N-ethyl adjacent to an activating group) is 1. The number of sulfonamides is 1. The number of fused-ring (bicyclic) bond motifs is 1. The van der Waals surface area contributed by atoms with E-state index in [1.165, 1.54) is 27.8 Å². The summed E-state index contributed by atoms with van der Waals surface area (Å²) in [7, 11) is 0.202. The smallest absolute Gasteiger partial charge is 0.243 e. The molecule has 2 aromatic carbocycles. The Morgan fingerprint density at radius 3 is 2.39 bits per heavy atom. The van der Waals surface area contributed by atoms with Gasteiger partial charge in [-0.1, -0.05) is 23.5 Å². The molecule has 33 heavy (non-hydrogen) atoms. The van der Waals surface area contributed by atoms with Gasteiger partial charge < -0.3 is 4.90 Å². The van der Waals surface area contributed by atoms with Crippen molar-refractivity contribution < 1.29 is 17.6 Å². The average molecular weight is 491 g/mol. The van der Waals surface area contributed by atoms with E-state index in [2.05, 4.69) is 4.98 Å². The standard InChI is InChI=1S/C23H27FN4O3S2/c1-26(2)15-16-28(23-25-20-5-3-4-6-21(20)32-23)22(29)17-11-13-27(14-12-17)33(30,31)19-9-7-18(24)8-10-19/h3-10,17H,11-16H2,1-2H3. The van der Waals surface area contributed by atoms with Crippen LogP contribution in [0.1, 0.15) is 12.8 Å². The lowest BCUT2D eigenvalue weighted by atomic mass is 9.96. The van der Waals surface area contributed by atoms with Crippen molar-refractivity contribution in [3.8, 4) is 0 Å². The van der Waals surface area contributed by atoms with Crippen molar-refractivity contribution in [3.63, 3.8) is 0 Å². The molecular formula is C23H27FN4O3S2. The van der Waals surface area contributed by atoms with E-state index < -0.39 is 15.8 Å². The van der Waals surface area contributed by atoms with Crippen LogP contribution in [0, 0.1) is 11.7 Å². The molecule has 0 N–H and O–H groups in total. The Hall–Kier alpha value is -2.40. The van der Waals surface area contributed by atoms with E-state index in [-0.39, 0.29) is 29.8 Å². The third-order valence-corrected chi connectivity index (χ3v) is 8.78. The third-order valence-electron chi connectivity index (χ3n) is 5.80. The highest BCUT2D eigenvalue weighted by Crippen LogP contribution is 2.32. The van der Waals surface area contributed by atoms with Gasteiger partial charge in [-0.3, -0.25) is 9.69 Å². The highest BCUT2D eigenvalue weighted by Gasteiger charge is 2.35. The Balaban J connectivity index is 1.49. The minimum absolute atomic E-state index is 0.0188. The van der Waals surface area contributed by atoms with Crippen LogP contribution in [0.2, 0.25) is 0 Å². The van der Waals surface area contributed by atoms with Crippen LogP contribution >= 0.6 is 11.3 Å². The number of carbonyl (C=O) groups is 1. The molecule has 0 aliphatic carbocycles. The Kier molecular flexibility index (Phi) is 7.08. The summed E-state index contributed by atoms with van der Waals surface area (Å²) in [6.45, 7) is 1.70. The number of rotatable bonds is 7. The van der Waals surface area contributed by atoms with E-state index in [0.717, 1.165) is 22.3 Å². The van der Waals surface area contributed by atoms with Crippen molar-refractivity contribution in [2.45, 2.75) is 17.7 Å². The number of benzene rings is 2. The molecule has 1 aliphatic rings. The number of aromatic nitrogens is 1. The predicted octanol–water partition coefficient (Wildman–Crippen LogP) is 3.43. The molecular weight excluding hydrogens is 463 g/mol. The summed E-state index contributed by atoms with van der Waals surface area (Å²) in [5.41, 5.74) is 0.861. The summed E-state index contributed by atoms with van der Waals surface area (Å²) in [4.78, 5) is 22.0. The van der Waals surface area contributed by atoms with Crippen LogP contribution in [-0.4, -0.2) is 68.8 Å². The minimum Gasteiger partial charge on any atom is -0.308 e. The number of anilines is 1. The first-order valence-corrected chi connectivity index (χ1v) is 13.1. The van der Waals surface area contributed by atoms with Gasteiger partial charge in [-0.25, -0.2) is 17.8 Å². The predicted molar refractivity (Wildman–Crippen MR) is 128 cm³/mol. The number of halogens is 1. The number of nitrogens with zero attached hydrogens (tertiary/aromatic N) is 4. The molecule has 10 heteroatoms. The second-order valence-corrected chi connectivity index (χ2v) is 11.3. The van der Waals surface area contributed by atoms with E-state index in [4.69, 9.17) is 0 Å². The van der Waals surface area contributed by atoms with Crippen molar-refractivity contribution >= 4 is 42.6 Å². The molecule has 1 amide bonds. The SMILES string of the molecule is CN(C)CCN(C(=O)C1CCN(S(=O)(=O)c2ccc(F)cc2)CC1)c1nc2ccccc2s1. The number of amides is 1. The van der Waals surface area contributed by atoms with Crippen LogP contribution in [0.15, 0.2) is 53.4 Å². The second-order valence-electron chi connectivity index (χ2n) is 8.39. The lowest BCUT2D eigenvalue weighted by molar-refractivity contribution is -0.123. The molecule has 2 heterocycles. The lowest BCUT2D eigenvalue weighted by Crippen LogP contribution is -2.46. The van der Waals surface area contributed by atoms with Gasteiger partial charge in [0.05, 0.1) is 15.1 Å². The number of para-hydroxylation sites is 1. The molecule has 0 radical (unpaired) electrons. The molecule has 1 fully saturated rings. The lowest BCUT2D eigenvalue weighted by Gasteiger charge is -2.33. The van der Waals surface area contributed by atoms with Crippen molar-refractivity contribution in [2.24, 2.45) is 5.92 Å². The molecule has 176 valence electrons. The molecule has 3 aromatic rings. The average Bonchev–Trinajstić information content (AvgIpc) is 3.23. The van der Waals surface area contributed by atoms with E-state index >= 15 is 0 Å². The van der Waals surface area contributed by atoms with Crippen LogP contribution in [-0.2, 0) is 14.8 Å². The Bertz CT molecular complexity index is 1190. The van der Waals surface area contributed by atoms with Crippen LogP contribution in [0.4, 0.5) is 9.52 Å². The molecule has 1 aliphatic heterocycles. The van der Waals surface area contributed by atoms with E-state index in [1.54, 1.807) is 4.90 Å². The van der Waals surface area contributed by atoms with Gasteiger partial charge >= 0.3 is 0 Å². The van der Waals surface area contributed by atoms with E-state index in [9.17, 15) is 17.6 Å². The number of hydrogen-bond donors (Lipinski definition) is 0. The highest BCUT2D eigenvalue weighted by molar-refractivity contribution is 7.89. The fraction of sp³-hybridized carbons (Fsp3) is 0.391. The molecule has 7 nitrogen and oxygen atoms in total. The van der Waals surface area contributed by atoms with Crippen LogP contribution in [0.25, 0.3) is 10.2 Å². The molecule has 0 spiro atoms. The highest BCUT2D eigenvalue weighted by atomic mass is 32.2. The minimum atomic E-state index is -3.71. The van der Waals surface area contributed by atoms with Crippen molar-refractivity contribution in [1.29, 1.82) is 0 Å². The molecule has 1 aromatic heterocycles. The molecule has 0 saturated carbocycles. The second kappa shape index (κ2) is 9.84. The zero-order valence-corrected chi connectivity index (χ0v) is 20.3. The first-order valence-electron chi connectivity index (χ1n) is 10.8. The number of carbonyl (C=O) groups excluding carboxylic acids is 1. The maximum atomic E-state index is 13.5. The maximum absolute atomic E-state index is 13.5. The molecule has 1 saturated heterocycles. The summed E-state index contributed by atoms with van der Waals surface area (Å²) in [5, 5.41) is 0.671. The normalized spacial score (nSPS) is 15.9. The van der Waals surface area contributed by atoms with Gasteiger partial charge in [0.25, 0.3) is 0 Å². The van der Waals surface area contributed by atoms with E-state index in [0.29, 0.717) is 31.1 Å². The summed E-state index contributed by atoms with van der Waals surface area (Å²) >= 11 is 1.49. The Morgan fingerprint density at radius 2 is 1.76 bits per heavy atom. The quantitative estimate of drug-likeness (QED) is 0.507. The number of thiazole rings is 1. The van der Waals surface area contributed by atoms with Gasteiger partial charge in [0.2, 0.25) is 15.9 Å². The van der Waals surface area contributed by atoms with Gasteiger partial charge in [0, 0.05) is 32.1 Å². The number of piperidine rings is 1. The largest absolute Gasteiger partial charge is 0.308 e. The van der Waals surface area contributed by atoms with Crippen LogP contribution < -0.4 is 4.90 Å². The zero-order valence-electron chi connectivity index (χ0n) is 18.6. The molecule has 4 rings (SSSR count). The van der Waals surface area contributed by atoms with Gasteiger partial charge in [-0.2, -0.15) is 4.31 Å². The van der Waals surface area contributed by atoms with Crippen LogP contribution in [0.5, 0.6) is 0 Å². The van der Waals surface area contributed by atoms with Gasteiger partial charge in [0.15, 0.2) is 5.13 Å². The van der Waals surface area contributed by atoms with Gasteiger partial charge in [0.1, 0.15) is 5.82 Å². The Labute approximate surface area is 197 Å². The summed E-state index contributed by atoms with van der Waals surface area (Å²) in [6, 6.07) is 12.6. The first-order chi connectivity index (χ1) is 15.8. The van der Waals surface area contributed by atoms with E-state index in [1.807, 2.05) is 43.3 Å². The van der Waals surface area contributed by atoms with Crippen LogP contribution in [0.3, 0.4) is 0 Å². The third kappa shape index (κ3) is 5.24. The van der Waals surface area contributed by atoms with Gasteiger partial charge in [-0.15, -0.1) is 0 Å². The first kappa shape index (κ1) is 23.7. The van der Waals surface area contributed by atoms with Crippen molar-refractivity contribution in [3.05, 3.63) is 54.3 Å². The van der Waals surface area contributed by atoms with Gasteiger partial charge in [-0.05, 0) is 63.3 Å². The van der Waals surface area contributed by atoms with Crippen molar-refractivity contribution in [2.75, 3.05) is 45.2 Å². The maximum Gasteiger partial charge on any atom is 0.243 e. The summed E-state index contributed by atoms with van der Waals surface area (Å²) < 4.78 is 41.4. The monoisotopic (exact) mass is 490 g/mol. The van der Waals surface area contributed by atoms with Crippen molar-refractivity contribution in [1.82, 2.24) is 14.2 Å². The molecule has 0 bridgehead atoms. The summed E-state index contributed by atoms with van der Waals surface area (Å²) in [5.74, 6) is -0.778.